The van der Waals surface area contributed by atoms with Gasteiger partial charge in [0.25, 0.3) is 0 Å². The summed E-state index contributed by atoms with van der Waals surface area (Å²) < 4.78 is 20.1. The van der Waals surface area contributed by atoms with Gasteiger partial charge in [0, 0.05) is 45.4 Å². The maximum Gasteiger partial charge on any atom is 0.414 e. The molecule has 2 fully saturated rings. The molecule has 12 heteroatoms. The lowest BCUT2D eigenvalue weighted by molar-refractivity contribution is -0.119. The second kappa shape index (κ2) is 8.58. The number of halogens is 1. The third-order valence-corrected chi connectivity index (χ3v) is 5.10. The standard InChI is InChI=1S/C19H23FN8O3/c1-12(29)23-10-14-11-28(19(30)31-14)13-8-15(20)17(24-9-13)26-4-6-27(7-5-26)18-22-3-2-16(21)25-18/h2-3,8-9,14H,4-7,10-11H2,1H3,(H,23,29)(H2,21,22,25)/t14-/m0/s1. The van der Waals surface area contributed by atoms with E-state index in [1.54, 1.807) is 12.3 Å². The van der Waals surface area contributed by atoms with Crippen molar-refractivity contribution in [2.75, 3.05) is 59.7 Å². The fourth-order valence-corrected chi connectivity index (χ4v) is 3.53. The Balaban J connectivity index is 1.39. The number of carbonyl (C=O) groups excluding carboxylic acids is 2. The van der Waals surface area contributed by atoms with Gasteiger partial charge < -0.3 is 25.6 Å². The number of nitrogens with one attached hydrogen (secondary N) is 1. The maximum absolute atomic E-state index is 14.8. The number of pyridine rings is 1. The fourth-order valence-electron chi connectivity index (χ4n) is 3.53. The van der Waals surface area contributed by atoms with Gasteiger partial charge in [-0.3, -0.25) is 9.69 Å². The number of aromatic nitrogens is 3. The molecule has 2 saturated heterocycles. The molecule has 0 unspecified atom stereocenters. The summed E-state index contributed by atoms with van der Waals surface area (Å²) in [6, 6.07) is 2.90. The Morgan fingerprint density at radius 3 is 2.71 bits per heavy atom. The number of anilines is 4. The first kappa shape index (κ1) is 20.6. The van der Waals surface area contributed by atoms with Crippen molar-refractivity contribution in [2.24, 2.45) is 0 Å². The summed E-state index contributed by atoms with van der Waals surface area (Å²) in [5.41, 5.74) is 6.02. The van der Waals surface area contributed by atoms with E-state index in [-0.39, 0.29) is 24.8 Å². The number of ether oxygens (including phenoxy) is 1. The highest BCUT2D eigenvalue weighted by atomic mass is 19.1. The second-order valence-corrected chi connectivity index (χ2v) is 7.31. The number of nitrogen functional groups attached to an aromatic ring is 1. The molecule has 0 spiro atoms. The van der Waals surface area contributed by atoms with Gasteiger partial charge in [0.05, 0.1) is 25.0 Å². The molecule has 2 aliphatic heterocycles. The number of nitrogens with two attached hydrogens (primary N) is 1. The number of cyclic esters (lactones) is 1. The highest BCUT2D eigenvalue weighted by Crippen LogP contribution is 2.26. The fraction of sp³-hybridized carbons (Fsp3) is 0.421. The molecule has 1 atom stereocenters. The molecule has 2 amide bonds. The van der Waals surface area contributed by atoms with Gasteiger partial charge in [0.1, 0.15) is 11.9 Å². The van der Waals surface area contributed by atoms with Gasteiger partial charge in [0.15, 0.2) is 11.6 Å². The van der Waals surface area contributed by atoms with Crippen LogP contribution < -0.4 is 25.8 Å². The van der Waals surface area contributed by atoms with Crippen LogP contribution in [0.2, 0.25) is 0 Å². The van der Waals surface area contributed by atoms with Crippen molar-refractivity contribution in [3.05, 3.63) is 30.3 Å². The van der Waals surface area contributed by atoms with Crippen LogP contribution in [-0.2, 0) is 9.53 Å². The van der Waals surface area contributed by atoms with Gasteiger partial charge in [-0.15, -0.1) is 0 Å². The first-order chi connectivity index (χ1) is 14.9. The van der Waals surface area contributed by atoms with E-state index >= 15 is 0 Å². The molecule has 0 saturated carbocycles. The van der Waals surface area contributed by atoms with E-state index in [9.17, 15) is 14.0 Å². The van der Waals surface area contributed by atoms with Crippen molar-refractivity contribution in [3.63, 3.8) is 0 Å². The van der Waals surface area contributed by atoms with E-state index < -0.39 is 18.0 Å². The van der Waals surface area contributed by atoms with E-state index in [2.05, 4.69) is 20.3 Å². The molecule has 2 aromatic rings. The van der Waals surface area contributed by atoms with Crippen LogP contribution in [0.25, 0.3) is 0 Å². The first-order valence-electron chi connectivity index (χ1n) is 9.87. The van der Waals surface area contributed by atoms with Crippen molar-refractivity contribution >= 4 is 35.3 Å². The number of rotatable bonds is 5. The molecule has 0 radical (unpaired) electrons. The van der Waals surface area contributed by atoms with Crippen LogP contribution in [0, 0.1) is 5.82 Å². The number of nitrogens with zero attached hydrogens (tertiary/aromatic N) is 6. The third-order valence-electron chi connectivity index (χ3n) is 5.10. The quantitative estimate of drug-likeness (QED) is 0.691. The molecule has 2 aliphatic rings. The zero-order chi connectivity index (χ0) is 22.0. The molecule has 3 N–H and O–H groups in total. The van der Waals surface area contributed by atoms with E-state index in [1.165, 1.54) is 24.1 Å². The number of piperazine rings is 1. The first-order valence-corrected chi connectivity index (χ1v) is 9.87. The van der Waals surface area contributed by atoms with Crippen LogP contribution in [0.4, 0.5) is 32.5 Å². The van der Waals surface area contributed by atoms with Crippen LogP contribution in [0.1, 0.15) is 6.92 Å². The Hall–Kier alpha value is -3.70. The minimum Gasteiger partial charge on any atom is -0.442 e. The van der Waals surface area contributed by atoms with Gasteiger partial charge in [-0.1, -0.05) is 0 Å². The molecule has 0 aliphatic carbocycles. The van der Waals surface area contributed by atoms with Crippen LogP contribution in [0.5, 0.6) is 0 Å². The van der Waals surface area contributed by atoms with Gasteiger partial charge in [0.2, 0.25) is 11.9 Å². The Bertz CT molecular complexity index is 982. The van der Waals surface area contributed by atoms with Crippen molar-refractivity contribution < 1.29 is 18.7 Å². The molecular formula is C19H23FN8O3. The summed E-state index contributed by atoms with van der Waals surface area (Å²) >= 11 is 0. The maximum atomic E-state index is 14.8. The van der Waals surface area contributed by atoms with Gasteiger partial charge >= 0.3 is 6.09 Å². The summed E-state index contributed by atoms with van der Waals surface area (Å²) in [5, 5.41) is 2.60. The van der Waals surface area contributed by atoms with E-state index in [4.69, 9.17) is 10.5 Å². The van der Waals surface area contributed by atoms with E-state index in [1.807, 2.05) is 9.80 Å². The average molecular weight is 430 g/mol. The molecule has 0 bridgehead atoms. The largest absolute Gasteiger partial charge is 0.442 e. The highest BCUT2D eigenvalue weighted by molar-refractivity contribution is 5.89. The number of hydrogen-bond acceptors (Lipinski definition) is 9. The molecule has 164 valence electrons. The van der Waals surface area contributed by atoms with Crippen molar-refractivity contribution in [1.29, 1.82) is 0 Å². The predicted octanol–water partition coefficient (Wildman–Crippen LogP) is 0.381. The monoisotopic (exact) mass is 430 g/mol. The number of amides is 2. The van der Waals surface area contributed by atoms with Gasteiger partial charge in [-0.2, -0.15) is 4.98 Å². The zero-order valence-electron chi connectivity index (χ0n) is 17.0. The second-order valence-electron chi connectivity index (χ2n) is 7.31. The summed E-state index contributed by atoms with van der Waals surface area (Å²) in [5.74, 6) is 0.428. The number of carbonyl (C=O) groups is 2. The average Bonchev–Trinajstić information content (AvgIpc) is 3.13. The number of hydrogen-bond donors (Lipinski definition) is 2. The van der Waals surface area contributed by atoms with Crippen molar-refractivity contribution in [1.82, 2.24) is 20.3 Å². The van der Waals surface area contributed by atoms with Crippen molar-refractivity contribution in [2.45, 2.75) is 13.0 Å². The van der Waals surface area contributed by atoms with E-state index in [0.29, 0.717) is 43.6 Å². The molecule has 2 aromatic heterocycles. The van der Waals surface area contributed by atoms with Crippen LogP contribution in [0.15, 0.2) is 24.5 Å². The Morgan fingerprint density at radius 1 is 1.29 bits per heavy atom. The smallest absolute Gasteiger partial charge is 0.414 e. The topological polar surface area (TPSA) is 130 Å². The summed E-state index contributed by atoms with van der Waals surface area (Å²) in [6.45, 7) is 4.04. The van der Waals surface area contributed by atoms with Crippen LogP contribution in [-0.4, -0.2) is 72.3 Å². The lowest BCUT2D eigenvalue weighted by Gasteiger charge is -2.35. The molecule has 11 nitrogen and oxygen atoms in total. The highest BCUT2D eigenvalue weighted by Gasteiger charge is 2.33. The normalized spacial score (nSPS) is 18.8. The lowest BCUT2D eigenvalue weighted by Crippen LogP contribution is -2.47. The molecule has 0 aromatic carbocycles. The van der Waals surface area contributed by atoms with Crippen LogP contribution >= 0.6 is 0 Å². The minimum absolute atomic E-state index is 0.201. The van der Waals surface area contributed by atoms with Crippen LogP contribution in [0.3, 0.4) is 0 Å². The van der Waals surface area contributed by atoms with Gasteiger partial charge in [-0.05, 0) is 6.07 Å². The summed E-state index contributed by atoms with van der Waals surface area (Å²) in [4.78, 5) is 41.0. The van der Waals surface area contributed by atoms with Gasteiger partial charge in [-0.25, -0.2) is 19.2 Å². The summed E-state index contributed by atoms with van der Waals surface area (Å²) in [6.07, 6.45) is 1.96. The molecular weight excluding hydrogens is 407 g/mol. The SMILES string of the molecule is CC(=O)NC[C@H]1CN(c2cnc(N3CCN(c4nccc(N)n4)CC3)c(F)c2)C(=O)O1. The molecule has 31 heavy (non-hydrogen) atoms. The van der Waals surface area contributed by atoms with E-state index in [0.717, 1.165) is 0 Å². The zero-order valence-corrected chi connectivity index (χ0v) is 17.0. The molecule has 4 rings (SSSR count). The third kappa shape index (κ3) is 4.57. The predicted molar refractivity (Wildman–Crippen MR) is 111 cm³/mol. The lowest BCUT2D eigenvalue weighted by atomic mass is 10.2. The Morgan fingerprint density at radius 2 is 2.03 bits per heavy atom. The minimum atomic E-state index is -0.597. The van der Waals surface area contributed by atoms with Crippen molar-refractivity contribution in [3.8, 4) is 0 Å². The Kier molecular flexibility index (Phi) is 5.69. The Labute approximate surface area is 178 Å². The summed E-state index contributed by atoms with van der Waals surface area (Å²) in [7, 11) is 0. The molecule has 4 heterocycles.